The molecule has 1 heterocycles. The molecule has 1 fully saturated rings. The average molecular weight is 282 g/mol. The fourth-order valence-corrected chi connectivity index (χ4v) is 2.48. The number of hydrogen-bond donors (Lipinski definition) is 2. The van der Waals surface area contributed by atoms with Crippen molar-refractivity contribution in [3.63, 3.8) is 0 Å². The Hall–Kier alpha value is -1.49. The van der Waals surface area contributed by atoms with Crippen LogP contribution < -0.4 is 10.6 Å². The Bertz CT molecular complexity index is 439. The van der Waals surface area contributed by atoms with Crippen LogP contribution in [-0.4, -0.2) is 25.0 Å². The van der Waals surface area contributed by atoms with Crippen LogP contribution in [0.5, 0.6) is 0 Å². The van der Waals surface area contributed by atoms with Crippen LogP contribution in [0.1, 0.15) is 31.2 Å². The van der Waals surface area contributed by atoms with E-state index in [2.05, 4.69) is 10.6 Å². The fraction of sp³-hybridized carbons (Fsp3) is 0.533. The maximum absolute atomic E-state index is 13.4. The zero-order valence-electron chi connectivity index (χ0n) is 11.4. The van der Waals surface area contributed by atoms with E-state index in [1.54, 1.807) is 0 Å². The number of hydrogen-bond acceptors (Lipinski definition) is 2. The smallest absolute Gasteiger partial charge is 0.224 e. The molecule has 0 aliphatic carbocycles. The monoisotopic (exact) mass is 282 g/mol. The van der Waals surface area contributed by atoms with Crippen LogP contribution >= 0.6 is 0 Å². The van der Waals surface area contributed by atoms with E-state index in [-0.39, 0.29) is 17.9 Å². The van der Waals surface area contributed by atoms with E-state index >= 15 is 0 Å². The molecule has 1 unspecified atom stereocenters. The molecular weight excluding hydrogens is 262 g/mol. The minimum absolute atomic E-state index is 0.166. The Labute approximate surface area is 117 Å². The third kappa shape index (κ3) is 4.27. The van der Waals surface area contributed by atoms with Gasteiger partial charge in [0, 0.05) is 18.2 Å². The second-order valence-corrected chi connectivity index (χ2v) is 5.16. The molecule has 1 aromatic carbocycles. The molecule has 0 saturated carbocycles. The van der Waals surface area contributed by atoms with E-state index in [0.717, 1.165) is 31.5 Å². The molecule has 3 nitrogen and oxygen atoms in total. The molecule has 0 radical (unpaired) electrons. The highest BCUT2D eigenvalue weighted by Crippen LogP contribution is 2.13. The first-order valence-electron chi connectivity index (χ1n) is 7.10. The molecule has 1 aromatic rings. The summed E-state index contributed by atoms with van der Waals surface area (Å²) in [6, 6.07) is 4.06. The number of carbonyl (C=O) groups excluding carboxylic acids is 1. The number of nitrogens with one attached hydrogen (secondary N) is 2. The zero-order valence-corrected chi connectivity index (χ0v) is 11.4. The van der Waals surface area contributed by atoms with Crippen molar-refractivity contribution in [2.45, 2.75) is 38.1 Å². The van der Waals surface area contributed by atoms with Crippen LogP contribution in [0.25, 0.3) is 0 Å². The molecule has 5 heteroatoms. The van der Waals surface area contributed by atoms with E-state index in [0.29, 0.717) is 12.6 Å². The second kappa shape index (κ2) is 7.33. The van der Waals surface area contributed by atoms with Crippen LogP contribution in [0, 0.1) is 11.6 Å². The highest BCUT2D eigenvalue weighted by molar-refractivity contribution is 5.78. The summed E-state index contributed by atoms with van der Waals surface area (Å²) >= 11 is 0. The van der Waals surface area contributed by atoms with Gasteiger partial charge < -0.3 is 10.6 Å². The number of carbonyl (C=O) groups is 1. The third-order valence-corrected chi connectivity index (χ3v) is 3.63. The number of amides is 1. The standard InChI is InChI=1S/C15H20F2N2O/c16-13-5-3-6-14(17)12(13)10-15(20)19-9-7-11-4-1-2-8-18-11/h3,5-6,11,18H,1-2,4,7-10H2,(H,19,20). The van der Waals surface area contributed by atoms with Crippen molar-refractivity contribution < 1.29 is 13.6 Å². The molecule has 110 valence electrons. The van der Waals surface area contributed by atoms with Gasteiger partial charge in [0.2, 0.25) is 5.91 Å². The van der Waals surface area contributed by atoms with Gasteiger partial charge >= 0.3 is 0 Å². The van der Waals surface area contributed by atoms with Gasteiger partial charge in [0.1, 0.15) is 11.6 Å². The Balaban J connectivity index is 1.75. The van der Waals surface area contributed by atoms with Gasteiger partial charge in [-0.25, -0.2) is 8.78 Å². The molecule has 0 aromatic heterocycles. The maximum Gasteiger partial charge on any atom is 0.224 e. The van der Waals surface area contributed by atoms with Crippen LogP contribution in [0.2, 0.25) is 0 Å². The molecular formula is C15H20F2N2O. The second-order valence-electron chi connectivity index (χ2n) is 5.16. The van der Waals surface area contributed by atoms with Crippen molar-refractivity contribution in [3.8, 4) is 0 Å². The molecule has 1 amide bonds. The normalized spacial score (nSPS) is 18.8. The number of rotatable bonds is 5. The first-order chi connectivity index (χ1) is 9.66. The van der Waals surface area contributed by atoms with Gasteiger partial charge in [0.05, 0.1) is 6.42 Å². The van der Waals surface area contributed by atoms with Crippen molar-refractivity contribution >= 4 is 5.91 Å². The molecule has 2 N–H and O–H groups in total. The summed E-state index contributed by atoms with van der Waals surface area (Å²) in [5.74, 6) is -1.69. The highest BCUT2D eigenvalue weighted by Gasteiger charge is 2.14. The molecule has 20 heavy (non-hydrogen) atoms. The molecule has 0 bridgehead atoms. The first kappa shape index (κ1) is 14.9. The van der Waals surface area contributed by atoms with Gasteiger partial charge in [-0.05, 0) is 37.9 Å². The lowest BCUT2D eigenvalue weighted by atomic mass is 10.0. The predicted octanol–water partition coefficient (Wildman–Crippen LogP) is 2.16. The first-order valence-corrected chi connectivity index (χ1v) is 7.10. The number of benzene rings is 1. The van der Waals surface area contributed by atoms with Gasteiger partial charge in [-0.1, -0.05) is 12.5 Å². The summed E-state index contributed by atoms with van der Waals surface area (Å²) in [6.07, 6.45) is 4.14. The van der Waals surface area contributed by atoms with E-state index in [1.165, 1.54) is 18.9 Å². The zero-order chi connectivity index (χ0) is 14.4. The van der Waals surface area contributed by atoms with E-state index < -0.39 is 11.6 Å². The van der Waals surface area contributed by atoms with Crippen LogP contribution in [0.4, 0.5) is 8.78 Å². The van der Waals surface area contributed by atoms with E-state index in [9.17, 15) is 13.6 Å². The van der Waals surface area contributed by atoms with Crippen molar-refractivity contribution in [2.75, 3.05) is 13.1 Å². The molecule has 2 rings (SSSR count). The van der Waals surface area contributed by atoms with Crippen molar-refractivity contribution in [1.82, 2.24) is 10.6 Å². The number of halogens is 2. The lowest BCUT2D eigenvalue weighted by Gasteiger charge is -2.23. The van der Waals surface area contributed by atoms with Crippen LogP contribution in [0.15, 0.2) is 18.2 Å². The Morgan fingerprint density at radius 3 is 2.70 bits per heavy atom. The van der Waals surface area contributed by atoms with Crippen molar-refractivity contribution in [2.24, 2.45) is 0 Å². The van der Waals surface area contributed by atoms with Gasteiger partial charge in [-0.2, -0.15) is 0 Å². The molecule has 1 aliphatic rings. The molecule has 1 saturated heterocycles. The van der Waals surface area contributed by atoms with Crippen LogP contribution in [0.3, 0.4) is 0 Å². The summed E-state index contributed by atoms with van der Waals surface area (Å²) in [6.45, 7) is 1.56. The highest BCUT2D eigenvalue weighted by atomic mass is 19.1. The average Bonchev–Trinajstić information content (AvgIpc) is 2.44. The predicted molar refractivity (Wildman–Crippen MR) is 73.3 cm³/mol. The Morgan fingerprint density at radius 2 is 2.05 bits per heavy atom. The SMILES string of the molecule is O=C(Cc1c(F)cccc1F)NCCC1CCCCN1. The summed E-state index contributed by atoms with van der Waals surface area (Å²) in [4.78, 5) is 11.7. The minimum Gasteiger partial charge on any atom is -0.356 e. The largest absolute Gasteiger partial charge is 0.356 e. The van der Waals surface area contributed by atoms with Gasteiger partial charge in [-0.15, -0.1) is 0 Å². The lowest BCUT2D eigenvalue weighted by Crippen LogP contribution is -2.37. The Kier molecular flexibility index (Phi) is 5.47. The topological polar surface area (TPSA) is 41.1 Å². The quantitative estimate of drug-likeness (QED) is 0.869. The van der Waals surface area contributed by atoms with Gasteiger partial charge in [0.25, 0.3) is 0 Å². The summed E-state index contributed by atoms with van der Waals surface area (Å²) in [7, 11) is 0. The van der Waals surface area contributed by atoms with E-state index in [1.807, 2.05) is 0 Å². The molecule has 0 spiro atoms. The fourth-order valence-electron chi connectivity index (χ4n) is 2.48. The number of piperidine rings is 1. The lowest BCUT2D eigenvalue weighted by molar-refractivity contribution is -0.120. The Morgan fingerprint density at radius 1 is 1.30 bits per heavy atom. The van der Waals surface area contributed by atoms with E-state index in [4.69, 9.17) is 0 Å². The molecule has 1 aliphatic heterocycles. The minimum atomic E-state index is -0.672. The van der Waals surface area contributed by atoms with Crippen molar-refractivity contribution in [1.29, 1.82) is 0 Å². The van der Waals surface area contributed by atoms with Gasteiger partial charge in [0.15, 0.2) is 0 Å². The molecule has 1 atom stereocenters. The summed E-state index contributed by atoms with van der Waals surface area (Å²) < 4.78 is 26.8. The van der Waals surface area contributed by atoms with Gasteiger partial charge in [-0.3, -0.25) is 4.79 Å². The summed E-state index contributed by atoms with van der Waals surface area (Å²) in [5.41, 5.74) is -0.166. The third-order valence-electron chi connectivity index (χ3n) is 3.63. The maximum atomic E-state index is 13.4. The van der Waals surface area contributed by atoms with Crippen LogP contribution in [-0.2, 0) is 11.2 Å². The van der Waals surface area contributed by atoms with Crippen molar-refractivity contribution in [3.05, 3.63) is 35.4 Å². The summed E-state index contributed by atoms with van der Waals surface area (Å²) in [5, 5.41) is 6.11.